The summed E-state index contributed by atoms with van der Waals surface area (Å²) in [6.07, 6.45) is 6.44. The molecule has 0 bridgehead atoms. The molecule has 0 radical (unpaired) electrons. The van der Waals surface area contributed by atoms with Crippen molar-refractivity contribution in [3.8, 4) is 22.7 Å². The lowest BCUT2D eigenvalue weighted by Gasteiger charge is -2.21. The van der Waals surface area contributed by atoms with Gasteiger partial charge >= 0.3 is 0 Å². The molecule has 2 aliphatic rings. The van der Waals surface area contributed by atoms with Crippen molar-refractivity contribution in [3.63, 3.8) is 0 Å². The quantitative estimate of drug-likeness (QED) is 0.332. The zero-order valence-corrected chi connectivity index (χ0v) is 19.9. The van der Waals surface area contributed by atoms with E-state index in [0.29, 0.717) is 40.4 Å². The van der Waals surface area contributed by atoms with Crippen molar-refractivity contribution in [2.45, 2.75) is 45.1 Å². The van der Waals surface area contributed by atoms with Gasteiger partial charge in [0.2, 0.25) is 0 Å². The summed E-state index contributed by atoms with van der Waals surface area (Å²) >= 11 is 16.2. The van der Waals surface area contributed by atoms with Gasteiger partial charge in [0, 0.05) is 27.0 Å². The first kappa shape index (κ1) is 21.0. The molecule has 160 valence electrons. The molecule has 0 spiro atoms. The summed E-state index contributed by atoms with van der Waals surface area (Å²) in [4.78, 5) is 13.3. The summed E-state index contributed by atoms with van der Waals surface area (Å²) in [5.41, 5.74) is 3.74. The lowest BCUT2D eigenvalue weighted by Crippen LogP contribution is -2.15. The highest BCUT2D eigenvalue weighted by Gasteiger charge is 2.31. The number of fused-ring (bicyclic) bond motifs is 3. The second-order valence-electron chi connectivity index (χ2n) is 8.24. The molecule has 5 rings (SSSR count). The normalized spacial score (nSPS) is 15.8. The minimum absolute atomic E-state index is 0.0798. The van der Waals surface area contributed by atoms with E-state index >= 15 is 0 Å². The van der Waals surface area contributed by atoms with E-state index in [9.17, 15) is 4.79 Å². The van der Waals surface area contributed by atoms with E-state index in [-0.39, 0.29) is 5.78 Å². The van der Waals surface area contributed by atoms with Crippen LogP contribution in [0.15, 0.2) is 40.9 Å². The molecule has 1 aliphatic carbocycles. The third-order valence-electron chi connectivity index (χ3n) is 6.16. The zero-order valence-electron chi connectivity index (χ0n) is 16.8. The highest BCUT2D eigenvalue weighted by Crippen LogP contribution is 2.43. The second kappa shape index (κ2) is 8.61. The number of aromatic nitrogens is 2. The van der Waals surface area contributed by atoms with Crippen molar-refractivity contribution in [2.24, 2.45) is 5.92 Å². The van der Waals surface area contributed by atoms with Gasteiger partial charge in [-0.25, -0.2) is 4.68 Å². The second-order valence-corrected chi connectivity index (χ2v) is 10.0. The van der Waals surface area contributed by atoms with Crippen LogP contribution in [0.3, 0.4) is 0 Å². The number of rotatable bonds is 4. The number of carbonyl (C=O) groups excluding carboxylic acids is 1. The Kier molecular flexibility index (Phi) is 5.84. The third-order valence-corrected chi connectivity index (χ3v) is 7.19. The molecule has 1 aromatic heterocycles. The van der Waals surface area contributed by atoms with Crippen LogP contribution in [0, 0.1) is 5.92 Å². The van der Waals surface area contributed by atoms with Crippen molar-refractivity contribution < 1.29 is 9.53 Å². The molecule has 0 atom stereocenters. The molecular weight excluding hydrogens is 499 g/mol. The molecule has 3 aromatic rings. The molecule has 2 heterocycles. The number of ether oxygens (including phenoxy) is 1. The molecule has 1 aliphatic heterocycles. The predicted octanol–water partition coefficient (Wildman–Crippen LogP) is 7.65. The Morgan fingerprint density at radius 2 is 1.94 bits per heavy atom. The van der Waals surface area contributed by atoms with Gasteiger partial charge in [-0.2, -0.15) is 5.10 Å². The summed E-state index contributed by atoms with van der Waals surface area (Å²) in [6.45, 7) is 0.301. The predicted molar refractivity (Wildman–Crippen MR) is 127 cm³/mol. The SMILES string of the molecule is O=C(CC1CCCCC1)c1nn(-c2ccc(Cl)cc2Cl)c2c1COc1cc(Br)ccc1-2. The first-order valence-corrected chi connectivity index (χ1v) is 12.1. The standard InChI is InChI=1S/C24H21BrCl2N2O2/c25-15-6-8-17-22(11-15)31-13-18-23(21(30)10-14-4-2-1-3-5-14)28-29(24(17)18)20-9-7-16(26)12-19(20)27/h6-9,11-12,14H,1-5,10,13H2. The van der Waals surface area contributed by atoms with E-state index in [1.165, 1.54) is 19.3 Å². The smallest absolute Gasteiger partial charge is 0.183 e. The number of nitrogens with zero attached hydrogens (tertiary/aromatic N) is 2. The topological polar surface area (TPSA) is 44.1 Å². The van der Waals surface area contributed by atoms with E-state index in [0.717, 1.165) is 39.9 Å². The van der Waals surface area contributed by atoms with Crippen LogP contribution in [0.25, 0.3) is 16.9 Å². The Labute approximate surface area is 199 Å². The van der Waals surface area contributed by atoms with Crippen molar-refractivity contribution >= 4 is 44.9 Å². The van der Waals surface area contributed by atoms with Gasteiger partial charge in [-0.3, -0.25) is 4.79 Å². The maximum Gasteiger partial charge on any atom is 0.183 e. The third kappa shape index (κ3) is 4.04. The maximum absolute atomic E-state index is 13.3. The summed E-state index contributed by atoms with van der Waals surface area (Å²) < 4.78 is 8.73. The van der Waals surface area contributed by atoms with Crippen molar-refractivity contribution in [2.75, 3.05) is 0 Å². The average molecular weight is 520 g/mol. The van der Waals surface area contributed by atoms with Gasteiger partial charge in [-0.05, 0) is 42.3 Å². The van der Waals surface area contributed by atoms with Crippen LogP contribution in [0.4, 0.5) is 0 Å². The number of carbonyl (C=O) groups is 1. The Morgan fingerprint density at radius 1 is 1.13 bits per heavy atom. The Morgan fingerprint density at radius 3 is 2.71 bits per heavy atom. The van der Waals surface area contributed by atoms with Crippen molar-refractivity contribution in [3.05, 3.63) is 62.2 Å². The first-order chi connectivity index (χ1) is 15.0. The van der Waals surface area contributed by atoms with Crippen LogP contribution in [0.2, 0.25) is 10.0 Å². The minimum Gasteiger partial charge on any atom is -0.488 e. The van der Waals surface area contributed by atoms with E-state index in [1.54, 1.807) is 16.8 Å². The van der Waals surface area contributed by atoms with Gasteiger partial charge in [0.15, 0.2) is 5.78 Å². The summed E-state index contributed by atoms with van der Waals surface area (Å²) in [5.74, 6) is 1.27. The molecule has 0 unspecified atom stereocenters. The first-order valence-electron chi connectivity index (χ1n) is 10.5. The number of Topliss-reactive ketones (excluding diaryl/α,β-unsaturated/α-hetero) is 1. The van der Waals surface area contributed by atoms with Crippen LogP contribution in [-0.4, -0.2) is 15.6 Å². The lowest BCUT2D eigenvalue weighted by atomic mass is 9.85. The largest absolute Gasteiger partial charge is 0.488 e. The monoisotopic (exact) mass is 518 g/mol. The van der Waals surface area contributed by atoms with Crippen LogP contribution in [-0.2, 0) is 6.61 Å². The lowest BCUT2D eigenvalue weighted by molar-refractivity contribution is 0.0942. The van der Waals surface area contributed by atoms with Gasteiger partial charge in [0.1, 0.15) is 18.1 Å². The van der Waals surface area contributed by atoms with Crippen LogP contribution >= 0.6 is 39.1 Å². The van der Waals surface area contributed by atoms with Gasteiger partial charge in [-0.15, -0.1) is 0 Å². The Balaban J connectivity index is 1.64. The molecule has 0 saturated heterocycles. The number of ketones is 1. The fraction of sp³-hybridized carbons (Fsp3) is 0.333. The van der Waals surface area contributed by atoms with Crippen LogP contribution in [0.5, 0.6) is 5.75 Å². The highest BCUT2D eigenvalue weighted by molar-refractivity contribution is 9.10. The van der Waals surface area contributed by atoms with Crippen LogP contribution < -0.4 is 4.74 Å². The average Bonchev–Trinajstić information content (AvgIpc) is 3.14. The number of benzene rings is 2. The van der Waals surface area contributed by atoms with Crippen molar-refractivity contribution in [1.82, 2.24) is 9.78 Å². The molecule has 7 heteroatoms. The summed E-state index contributed by atoms with van der Waals surface area (Å²) in [6, 6.07) is 11.2. The molecule has 4 nitrogen and oxygen atoms in total. The summed E-state index contributed by atoms with van der Waals surface area (Å²) in [5, 5.41) is 5.82. The van der Waals surface area contributed by atoms with Gasteiger partial charge in [-0.1, -0.05) is 71.2 Å². The van der Waals surface area contributed by atoms with Gasteiger partial charge in [0.05, 0.1) is 16.4 Å². The highest BCUT2D eigenvalue weighted by atomic mass is 79.9. The summed E-state index contributed by atoms with van der Waals surface area (Å²) in [7, 11) is 0. The molecule has 1 fully saturated rings. The van der Waals surface area contributed by atoms with Crippen molar-refractivity contribution in [1.29, 1.82) is 0 Å². The molecule has 0 N–H and O–H groups in total. The van der Waals surface area contributed by atoms with E-state index in [4.69, 9.17) is 33.0 Å². The van der Waals surface area contributed by atoms with Crippen LogP contribution in [0.1, 0.15) is 54.6 Å². The molecular formula is C24H21BrCl2N2O2. The Hall–Kier alpha value is -1.82. The minimum atomic E-state index is 0.0798. The number of hydrogen-bond acceptors (Lipinski definition) is 3. The molecule has 0 amide bonds. The number of halogens is 3. The molecule has 31 heavy (non-hydrogen) atoms. The van der Waals surface area contributed by atoms with E-state index in [1.807, 2.05) is 24.3 Å². The maximum atomic E-state index is 13.3. The molecule has 2 aromatic carbocycles. The van der Waals surface area contributed by atoms with Gasteiger partial charge in [0.25, 0.3) is 0 Å². The fourth-order valence-electron chi connectivity index (χ4n) is 4.63. The van der Waals surface area contributed by atoms with Gasteiger partial charge < -0.3 is 4.74 Å². The van der Waals surface area contributed by atoms with E-state index in [2.05, 4.69) is 15.9 Å². The number of hydrogen-bond donors (Lipinski definition) is 0. The zero-order chi connectivity index (χ0) is 21.5. The fourth-order valence-corrected chi connectivity index (χ4v) is 5.46. The molecule has 1 saturated carbocycles. The Bertz CT molecular complexity index is 1170. The van der Waals surface area contributed by atoms with E-state index < -0.39 is 0 Å².